The van der Waals surface area contributed by atoms with Gasteiger partial charge in [0.2, 0.25) is 0 Å². The van der Waals surface area contributed by atoms with Crippen LogP contribution in [0.4, 0.5) is 5.69 Å². The van der Waals surface area contributed by atoms with E-state index in [-0.39, 0.29) is 0 Å². The van der Waals surface area contributed by atoms with Gasteiger partial charge in [0.15, 0.2) is 5.75 Å². The van der Waals surface area contributed by atoms with E-state index >= 15 is 0 Å². The molecule has 2 aliphatic heterocycles. The number of para-hydroxylation sites is 3. The van der Waals surface area contributed by atoms with Crippen LogP contribution in [-0.2, 0) is 0 Å². The van der Waals surface area contributed by atoms with E-state index < -0.39 is 0 Å². The summed E-state index contributed by atoms with van der Waals surface area (Å²) in [5.74, 6) is 2.02. The lowest BCUT2D eigenvalue weighted by atomic mass is 9.99. The van der Waals surface area contributed by atoms with Crippen molar-refractivity contribution in [1.29, 1.82) is 0 Å². The van der Waals surface area contributed by atoms with E-state index in [1.165, 1.54) is 16.8 Å². The second kappa shape index (κ2) is 5.03. The molecule has 4 rings (SSSR count). The van der Waals surface area contributed by atoms with Crippen molar-refractivity contribution in [3.63, 3.8) is 0 Å². The molecule has 0 aromatic heterocycles. The van der Waals surface area contributed by atoms with Crippen LogP contribution in [0.2, 0.25) is 0 Å². The fourth-order valence-electron chi connectivity index (χ4n) is 3.72. The molecule has 0 N–H and O–H groups in total. The number of hydrogen-bond acceptors (Lipinski definition) is 3. The summed E-state index contributed by atoms with van der Waals surface area (Å²) < 4.78 is 6.31. The lowest BCUT2D eigenvalue weighted by Gasteiger charge is -2.25. The maximum atomic E-state index is 6.31. The van der Waals surface area contributed by atoms with E-state index in [0.29, 0.717) is 12.1 Å². The van der Waals surface area contributed by atoms with Crippen molar-refractivity contribution < 1.29 is 4.74 Å². The Bertz CT molecular complexity index is 710. The minimum absolute atomic E-state index is 0.394. The van der Waals surface area contributed by atoms with Crippen LogP contribution in [0.15, 0.2) is 42.5 Å². The molecule has 1 fully saturated rings. The Morgan fingerprint density at radius 3 is 2.73 bits per heavy atom. The number of hydrogen-bond donors (Lipinski definition) is 0. The van der Waals surface area contributed by atoms with Gasteiger partial charge in [-0.3, -0.25) is 0 Å². The van der Waals surface area contributed by atoms with Crippen molar-refractivity contribution in [2.45, 2.75) is 25.4 Å². The number of anilines is 1. The molecule has 2 aromatic rings. The van der Waals surface area contributed by atoms with Crippen LogP contribution in [0.25, 0.3) is 0 Å². The highest BCUT2D eigenvalue weighted by molar-refractivity contribution is 5.66. The standard InChI is InChI=1S/C19H22N2O/c1-13-7-6-8-15-17-11-14(20(2)3)12-21(17)16-9-4-5-10-18(16)22-19(13)15/h4-10,14,17H,11-12H2,1-3H3. The van der Waals surface area contributed by atoms with Crippen LogP contribution in [0, 0.1) is 6.92 Å². The monoisotopic (exact) mass is 294 g/mol. The number of benzene rings is 2. The summed E-state index contributed by atoms with van der Waals surface area (Å²) in [4.78, 5) is 4.86. The Balaban J connectivity index is 1.89. The lowest BCUT2D eigenvalue weighted by Crippen LogP contribution is -2.31. The zero-order valence-electron chi connectivity index (χ0n) is 13.4. The third kappa shape index (κ3) is 2.00. The van der Waals surface area contributed by atoms with Gasteiger partial charge < -0.3 is 14.5 Å². The Morgan fingerprint density at radius 2 is 1.91 bits per heavy atom. The molecule has 0 amide bonds. The summed E-state index contributed by atoms with van der Waals surface area (Å²) in [6.45, 7) is 3.18. The first-order chi connectivity index (χ1) is 10.6. The van der Waals surface area contributed by atoms with Gasteiger partial charge in [-0.15, -0.1) is 0 Å². The van der Waals surface area contributed by atoms with Crippen LogP contribution in [-0.4, -0.2) is 31.6 Å². The van der Waals surface area contributed by atoms with Crippen molar-refractivity contribution >= 4 is 5.69 Å². The smallest absolute Gasteiger partial charge is 0.150 e. The highest BCUT2D eigenvalue weighted by atomic mass is 16.5. The first-order valence-electron chi connectivity index (χ1n) is 7.94. The van der Waals surface area contributed by atoms with Crippen molar-refractivity contribution in [3.05, 3.63) is 53.6 Å². The van der Waals surface area contributed by atoms with Crippen LogP contribution >= 0.6 is 0 Å². The van der Waals surface area contributed by atoms with Crippen molar-refractivity contribution in [1.82, 2.24) is 4.90 Å². The number of likely N-dealkylation sites (N-methyl/N-ethyl adjacent to an activating group) is 1. The molecule has 2 aromatic carbocycles. The molecule has 0 saturated carbocycles. The fourth-order valence-corrected chi connectivity index (χ4v) is 3.72. The maximum Gasteiger partial charge on any atom is 0.150 e. The summed E-state index contributed by atoms with van der Waals surface area (Å²) in [5, 5.41) is 0. The van der Waals surface area contributed by atoms with Gasteiger partial charge in [-0.25, -0.2) is 0 Å². The number of aryl methyl sites for hydroxylation is 1. The van der Waals surface area contributed by atoms with Crippen molar-refractivity contribution in [3.8, 4) is 11.5 Å². The quantitative estimate of drug-likeness (QED) is 0.791. The van der Waals surface area contributed by atoms with E-state index in [0.717, 1.165) is 24.5 Å². The van der Waals surface area contributed by atoms with E-state index in [4.69, 9.17) is 4.74 Å². The number of fused-ring (bicyclic) bond motifs is 5. The molecule has 0 aliphatic carbocycles. The zero-order valence-corrected chi connectivity index (χ0v) is 13.4. The van der Waals surface area contributed by atoms with Crippen LogP contribution in [0.3, 0.4) is 0 Å². The summed E-state index contributed by atoms with van der Waals surface area (Å²) in [5.41, 5.74) is 3.75. The SMILES string of the molecule is Cc1cccc2c1Oc1ccccc1N1CC(N(C)C)CC21. The van der Waals surface area contributed by atoms with E-state index in [1.54, 1.807) is 0 Å². The molecule has 2 atom stereocenters. The highest BCUT2D eigenvalue weighted by Gasteiger charge is 2.39. The first kappa shape index (κ1) is 13.6. The number of ether oxygens (including phenoxy) is 1. The maximum absolute atomic E-state index is 6.31. The van der Waals surface area contributed by atoms with Gasteiger partial charge in [-0.1, -0.05) is 30.3 Å². The Hall–Kier alpha value is -2.00. The Labute approximate surface area is 132 Å². The molecule has 0 bridgehead atoms. The van der Waals surface area contributed by atoms with Gasteiger partial charge >= 0.3 is 0 Å². The third-order valence-electron chi connectivity index (χ3n) is 5.00. The Kier molecular flexibility index (Phi) is 3.12. The van der Waals surface area contributed by atoms with Gasteiger partial charge in [-0.05, 0) is 45.1 Å². The normalized spacial score (nSPS) is 22.6. The molecule has 3 nitrogen and oxygen atoms in total. The zero-order chi connectivity index (χ0) is 15.3. The van der Waals surface area contributed by atoms with E-state index in [2.05, 4.69) is 73.3 Å². The molecular weight excluding hydrogens is 272 g/mol. The first-order valence-corrected chi connectivity index (χ1v) is 7.94. The topological polar surface area (TPSA) is 15.7 Å². The van der Waals surface area contributed by atoms with Gasteiger partial charge in [-0.2, -0.15) is 0 Å². The van der Waals surface area contributed by atoms with Crippen molar-refractivity contribution in [2.24, 2.45) is 0 Å². The van der Waals surface area contributed by atoms with Gasteiger partial charge in [0.25, 0.3) is 0 Å². The van der Waals surface area contributed by atoms with Gasteiger partial charge in [0.1, 0.15) is 5.75 Å². The minimum atomic E-state index is 0.394. The van der Waals surface area contributed by atoms with E-state index in [1.807, 2.05) is 0 Å². The van der Waals surface area contributed by atoms with Crippen LogP contribution < -0.4 is 9.64 Å². The second-order valence-corrected chi connectivity index (χ2v) is 6.58. The molecule has 2 aliphatic rings. The van der Waals surface area contributed by atoms with Gasteiger partial charge in [0, 0.05) is 18.2 Å². The Morgan fingerprint density at radius 1 is 1.09 bits per heavy atom. The number of nitrogens with zero attached hydrogens (tertiary/aromatic N) is 2. The van der Waals surface area contributed by atoms with Crippen molar-refractivity contribution in [2.75, 3.05) is 25.5 Å². The minimum Gasteiger partial charge on any atom is -0.455 e. The molecule has 2 unspecified atom stereocenters. The molecule has 1 saturated heterocycles. The van der Waals surface area contributed by atoms with Crippen LogP contribution in [0.1, 0.15) is 23.6 Å². The molecule has 22 heavy (non-hydrogen) atoms. The van der Waals surface area contributed by atoms with Crippen LogP contribution in [0.5, 0.6) is 11.5 Å². The molecule has 3 heteroatoms. The highest BCUT2D eigenvalue weighted by Crippen LogP contribution is 2.49. The second-order valence-electron chi connectivity index (χ2n) is 6.58. The third-order valence-corrected chi connectivity index (χ3v) is 5.00. The molecule has 0 radical (unpaired) electrons. The summed E-state index contributed by atoms with van der Waals surface area (Å²) in [6.07, 6.45) is 1.14. The predicted octanol–water partition coefficient (Wildman–Crippen LogP) is 3.98. The fraction of sp³-hybridized carbons (Fsp3) is 0.368. The molecular formula is C19H22N2O. The summed E-state index contributed by atoms with van der Waals surface area (Å²) in [7, 11) is 4.35. The lowest BCUT2D eigenvalue weighted by molar-refractivity contribution is 0.309. The number of rotatable bonds is 1. The average molecular weight is 294 g/mol. The molecule has 114 valence electrons. The largest absolute Gasteiger partial charge is 0.455 e. The predicted molar refractivity (Wildman–Crippen MR) is 89.9 cm³/mol. The van der Waals surface area contributed by atoms with Gasteiger partial charge in [0.05, 0.1) is 11.7 Å². The molecule has 0 spiro atoms. The average Bonchev–Trinajstić information content (AvgIpc) is 2.90. The van der Waals surface area contributed by atoms with E-state index in [9.17, 15) is 0 Å². The molecule has 2 heterocycles. The summed E-state index contributed by atoms with van der Waals surface area (Å²) in [6, 6.07) is 15.9. The summed E-state index contributed by atoms with van der Waals surface area (Å²) >= 11 is 0.